The molecule has 4 aromatic rings. The second kappa shape index (κ2) is 12.3. The lowest BCUT2D eigenvalue weighted by molar-refractivity contribution is 0.0696. The zero-order chi connectivity index (χ0) is 28.2. The van der Waals surface area contributed by atoms with Crippen molar-refractivity contribution in [1.82, 2.24) is 9.66 Å². The summed E-state index contributed by atoms with van der Waals surface area (Å²) in [5.41, 5.74) is 1.86. The van der Waals surface area contributed by atoms with E-state index in [9.17, 15) is 14.7 Å². The first kappa shape index (κ1) is 28.0. The number of hydrogen-bond acceptors (Lipinski definition) is 6. The number of methoxy groups -OCH3 is 1. The van der Waals surface area contributed by atoms with Crippen molar-refractivity contribution in [3.05, 3.63) is 96.4 Å². The van der Waals surface area contributed by atoms with E-state index in [2.05, 4.69) is 37.0 Å². The minimum Gasteiger partial charge on any atom is -0.493 e. The number of carboxylic acid groups (broad SMARTS) is 1. The first-order valence-corrected chi connectivity index (χ1v) is 14.5. The monoisotopic (exact) mass is 667 g/mol. The third kappa shape index (κ3) is 6.13. The Morgan fingerprint density at radius 3 is 2.65 bits per heavy atom. The van der Waals surface area contributed by atoms with Crippen molar-refractivity contribution in [3.63, 3.8) is 0 Å². The van der Waals surface area contributed by atoms with Crippen molar-refractivity contribution >= 4 is 54.9 Å². The molecule has 1 fully saturated rings. The lowest BCUT2D eigenvalue weighted by Crippen LogP contribution is -2.25. The Labute approximate surface area is 247 Å². The molecule has 3 aromatic carbocycles. The average molecular weight is 669 g/mol. The summed E-state index contributed by atoms with van der Waals surface area (Å²) in [6, 6.07) is 15.7. The topological polar surface area (TPSA) is 103 Å². The number of rotatable bonds is 8. The van der Waals surface area contributed by atoms with Crippen LogP contribution in [0.4, 0.5) is 0 Å². The van der Waals surface area contributed by atoms with Gasteiger partial charge in [-0.15, -0.1) is 0 Å². The van der Waals surface area contributed by atoms with Gasteiger partial charge in [0.15, 0.2) is 11.5 Å². The number of benzene rings is 3. The van der Waals surface area contributed by atoms with Crippen LogP contribution in [0.3, 0.4) is 0 Å². The van der Waals surface area contributed by atoms with E-state index in [0.29, 0.717) is 39.4 Å². The molecule has 0 radical (unpaired) electrons. The van der Waals surface area contributed by atoms with Gasteiger partial charge in [0.1, 0.15) is 12.4 Å². The van der Waals surface area contributed by atoms with E-state index < -0.39 is 5.97 Å². The molecule has 0 amide bonds. The zero-order valence-electron chi connectivity index (χ0n) is 21.8. The maximum Gasteiger partial charge on any atom is 0.335 e. The fourth-order valence-corrected chi connectivity index (χ4v) is 5.78. The Morgan fingerprint density at radius 1 is 1.10 bits per heavy atom. The number of carbonyl (C=O) groups is 1. The van der Waals surface area contributed by atoms with Crippen molar-refractivity contribution < 1.29 is 19.4 Å². The number of halogens is 2. The SMILES string of the molecule is COc1cc(Br)cc(C=Nn2c(C3CCCCC3)nc3ccc(Br)cc3c2=O)c1OCc1cccc(C(=O)O)c1. The van der Waals surface area contributed by atoms with Crippen molar-refractivity contribution in [2.45, 2.75) is 44.6 Å². The van der Waals surface area contributed by atoms with E-state index in [0.717, 1.165) is 34.6 Å². The predicted molar refractivity (Wildman–Crippen MR) is 161 cm³/mol. The van der Waals surface area contributed by atoms with Gasteiger partial charge >= 0.3 is 5.97 Å². The lowest BCUT2D eigenvalue weighted by Gasteiger charge is -2.23. The number of nitrogens with zero attached hydrogens (tertiary/aromatic N) is 3. The first-order chi connectivity index (χ1) is 19.3. The molecule has 0 spiro atoms. The molecule has 0 unspecified atom stereocenters. The van der Waals surface area contributed by atoms with Crippen LogP contribution in [0.2, 0.25) is 0 Å². The number of ether oxygens (including phenoxy) is 2. The Kier molecular flexibility index (Phi) is 8.66. The van der Waals surface area contributed by atoms with E-state index in [-0.39, 0.29) is 23.6 Å². The number of hydrogen-bond donors (Lipinski definition) is 1. The second-order valence-corrected chi connectivity index (χ2v) is 11.5. The molecule has 206 valence electrons. The minimum atomic E-state index is -1.01. The molecule has 1 aliphatic rings. The summed E-state index contributed by atoms with van der Waals surface area (Å²) in [5, 5.41) is 14.5. The smallest absolute Gasteiger partial charge is 0.335 e. The molecule has 5 rings (SSSR count). The maximum absolute atomic E-state index is 13.7. The Morgan fingerprint density at radius 2 is 1.90 bits per heavy atom. The first-order valence-electron chi connectivity index (χ1n) is 12.9. The van der Waals surface area contributed by atoms with Gasteiger partial charge in [-0.1, -0.05) is 63.3 Å². The van der Waals surface area contributed by atoms with E-state index in [4.69, 9.17) is 14.5 Å². The number of aromatic nitrogens is 2. The molecule has 1 aliphatic carbocycles. The molecular formula is C30H27Br2N3O5. The molecule has 0 bridgehead atoms. The van der Waals surface area contributed by atoms with Gasteiger partial charge in [-0.2, -0.15) is 9.78 Å². The molecule has 1 aromatic heterocycles. The maximum atomic E-state index is 13.7. The highest BCUT2D eigenvalue weighted by Gasteiger charge is 2.23. The van der Waals surface area contributed by atoms with Crippen molar-refractivity contribution in [3.8, 4) is 11.5 Å². The van der Waals surface area contributed by atoms with E-state index in [1.807, 2.05) is 18.2 Å². The standard InChI is InChI=1S/C30H27Br2N3O5/c1-39-26-15-23(32)13-21(27(26)40-17-18-6-5-9-20(12-18)30(37)38)16-33-35-28(19-7-3-2-4-8-19)34-25-11-10-22(31)14-24(25)29(35)36/h5-6,9-16,19H,2-4,7-8,17H2,1H3,(H,37,38). The fourth-order valence-electron chi connectivity index (χ4n) is 4.96. The molecule has 1 N–H and O–H groups in total. The number of carboxylic acids is 1. The summed E-state index contributed by atoms with van der Waals surface area (Å²) in [4.78, 5) is 30.0. The summed E-state index contributed by atoms with van der Waals surface area (Å²) >= 11 is 6.98. The molecule has 8 nitrogen and oxygen atoms in total. The predicted octanol–water partition coefficient (Wildman–Crippen LogP) is 7.14. The van der Waals surface area contributed by atoms with Crippen LogP contribution < -0.4 is 15.0 Å². The molecule has 0 saturated heterocycles. The molecule has 0 atom stereocenters. The number of fused-ring (bicyclic) bond motifs is 1. The van der Waals surface area contributed by atoms with Crippen LogP contribution in [0.15, 0.2) is 73.4 Å². The Hall–Kier alpha value is -3.50. The highest BCUT2D eigenvalue weighted by molar-refractivity contribution is 9.10. The van der Waals surface area contributed by atoms with Crippen LogP contribution in [0.1, 0.15) is 65.3 Å². The second-order valence-electron chi connectivity index (χ2n) is 9.65. The van der Waals surface area contributed by atoms with Crippen molar-refractivity contribution in [2.24, 2.45) is 5.10 Å². The molecule has 0 aliphatic heterocycles. The number of aromatic carboxylic acids is 1. The van der Waals surface area contributed by atoms with Gasteiger partial charge in [0, 0.05) is 20.4 Å². The van der Waals surface area contributed by atoms with Crippen LogP contribution in [-0.4, -0.2) is 34.1 Å². The Bertz CT molecular complexity index is 1660. The van der Waals surface area contributed by atoms with Gasteiger partial charge in [-0.25, -0.2) is 9.78 Å². The average Bonchev–Trinajstić information content (AvgIpc) is 2.96. The fraction of sp³-hybridized carbons (Fsp3) is 0.267. The van der Waals surface area contributed by atoms with Crippen LogP contribution >= 0.6 is 31.9 Å². The van der Waals surface area contributed by atoms with Crippen LogP contribution in [0.5, 0.6) is 11.5 Å². The van der Waals surface area contributed by atoms with Crippen molar-refractivity contribution in [1.29, 1.82) is 0 Å². The molecule has 10 heteroatoms. The third-order valence-electron chi connectivity index (χ3n) is 6.94. The quantitative estimate of drug-likeness (QED) is 0.200. The Balaban J connectivity index is 1.57. The largest absolute Gasteiger partial charge is 0.493 e. The van der Waals surface area contributed by atoms with Crippen LogP contribution in [0, 0.1) is 0 Å². The molecule has 1 heterocycles. The normalized spacial score (nSPS) is 14.1. The molecule has 1 saturated carbocycles. The van der Waals surface area contributed by atoms with Crippen molar-refractivity contribution in [2.75, 3.05) is 7.11 Å². The van der Waals surface area contributed by atoms with Gasteiger partial charge in [-0.3, -0.25) is 4.79 Å². The minimum absolute atomic E-state index is 0.110. The van der Waals surface area contributed by atoms with Gasteiger partial charge in [0.05, 0.1) is 29.8 Å². The highest BCUT2D eigenvalue weighted by Crippen LogP contribution is 2.35. The molecule has 40 heavy (non-hydrogen) atoms. The summed E-state index contributed by atoms with van der Waals surface area (Å²) < 4.78 is 14.7. The third-order valence-corrected chi connectivity index (χ3v) is 7.89. The summed E-state index contributed by atoms with van der Waals surface area (Å²) in [5.74, 6) is 0.669. The lowest BCUT2D eigenvalue weighted by atomic mass is 9.88. The van der Waals surface area contributed by atoms with E-state index in [1.165, 1.54) is 24.3 Å². The van der Waals surface area contributed by atoms with Crippen LogP contribution in [0.25, 0.3) is 10.9 Å². The zero-order valence-corrected chi connectivity index (χ0v) is 24.9. The van der Waals surface area contributed by atoms with Gasteiger partial charge in [0.2, 0.25) is 0 Å². The summed E-state index contributed by atoms with van der Waals surface area (Å²) in [7, 11) is 1.54. The summed E-state index contributed by atoms with van der Waals surface area (Å²) in [6.45, 7) is 0.110. The summed E-state index contributed by atoms with van der Waals surface area (Å²) in [6.07, 6.45) is 6.85. The molecular weight excluding hydrogens is 642 g/mol. The van der Waals surface area contributed by atoms with E-state index >= 15 is 0 Å². The van der Waals surface area contributed by atoms with Crippen LogP contribution in [-0.2, 0) is 6.61 Å². The van der Waals surface area contributed by atoms with Gasteiger partial charge in [-0.05, 0) is 60.9 Å². The van der Waals surface area contributed by atoms with Gasteiger partial charge < -0.3 is 14.6 Å². The highest BCUT2D eigenvalue weighted by atomic mass is 79.9. The van der Waals surface area contributed by atoms with Gasteiger partial charge in [0.25, 0.3) is 5.56 Å². The van der Waals surface area contributed by atoms with E-state index in [1.54, 1.807) is 36.5 Å².